The zero-order chi connectivity index (χ0) is 24.0. The molecule has 0 atom stereocenters. The molecule has 0 N–H and O–H groups in total. The molecule has 2 aromatic rings. The number of ether oxygens (including phenoxy) is 1. The first-order valence-electron chi connectivity index (χ1n) is 11.0. The molecule has 3 heterocycles. The zero-order valence-electron chi connectivity index (χ0n) is 19.5. The maximum atomic E-state index is 12.9. The lowest BCUT2D eigenvalue weighted by molar-refractivity contribution is -0.134. The van der Waals surface area contributed by atoms with Gasteiger partial charge in [-0.2, -0.15) is 0 Å². The number of esters is 1. The van der Waals surface area contributed by atoms with Gasteiger partial charge >= 0.3 is 12.0 Å². The summed E-state index contributed by atoms with van der Waals surface area (Å²) in [5, 5.41) is 0.811. The molecule has 0 unspecified atom stereocenters. The van der Waals surface area contributed by atoms with E-state index in [2.05, 4.69) is 0 Å². The average molecular weight is 470 g/mol. The summed E-state index contributed by atoms with van der Waals surface area (Å²) in [6, 6.07) is 1.23. The second-order valence-electron chi connectivity index (χ2n) is 8.34. The Bertz CT molecular complexity index is 1190. The van der Waals surface area contributed by atoms with Crippen molar-refractivity contribution in [3.63, 3.8) is 0 Å². The monoisotopic (exact) mass is 469 g/mol. The van der Waals surface area contributed by atoms with Crippen molar-refractivity contribution in [1.29, 1.82) is 0 Å². The molecule has 174 valence electrons. The minimum atomic E-state index is -0.657. The lowest BCUT2D eigenvalue weighted by Crippen LogP contribution is -2.52. The second-order valence-corrected chi connectivity index (χ2v) is 9.43. The number of rotatable bonds is 4. The zero-order valence-corrected chi connectivity index (χ0v) is 20.3. The highest BCUT2D eigenvalue weighted by atomic mass is 32.1. The third-order valence-electron chi connectivity index (χ3n) is 6.25. The van der Waals surface area contributed by atoms with Crippen LogP contribution in [0.15, 0.2) is 11.6 Å². The molecule has 4 rings (SSSR count). The van der Waals surface area contributed by atoms with E-state index in [1.54, 1.807) is 18.3 Å². The van der Waals surface area contributed by atoms with Gasteiger partial charge in [0.2, 0.25) is 0 Å². The molecule has 0 radical (unpaired) electrons. The predicted octanol–water partition coefficient (Wildman–Crippen LogP) is 3.64. The van der Waals surface area contributed by atoms with Crippen molar-refractivity contribution in [2.45, 2.75) is 46.5 Å². The number of carbonyl (C=O) groups is 4. The quantitative estimate of drug-likeness (QED) is 0.387. The van der Waals surface area contributed by atoms with Crippen LogP contribution in [0.4, 0.5) is 4.79 Å². The number of hydrogen-bond donors (Lipinski definition) is 0. The fourth-order valence-corrected chi connectivity index (χ4v) is 5.99. The summed E-state index contributed by atoms with van der Waals surface area (Å²) in [6.45, 7) is 5.91. The van der Waals surface area contributed by atoms with Crippen LogP contribution < -0.4 is 0 Å². The van der Waals surface area contributed by atoms with Crippen LogP contribution >= 0.6 is 11.3 Å². The van der Waals surface area contributed by atoms with Crippen LogP contribution in [0.2, 0.25) is 0 Å². The van der Waals surface area contributed by atoms with Crippen molar-refractivity contribution in [2.24, 2.45) is 0 Å². The molecule has 0 spiro atoms. The summed E-state index contributed by atoms with van der Waals surface area (Å²) in [5.41, 5.74) is 3.97. The number of urea groups is 1. The van der Waals surface area contributed by atoms with E-state index in [1.165, 1.54) is 25.0 Å². The van der Waals surface area contributed by atoms with Gasteiger partial charge in [-0.25, -0.2) is 9.59 Å². The van der Waals surface area contributed by atoms with Crippen LogP contribution in [0.1, 0.15) is 57.5 Å². The van der Waals surface area contributed by atoms with Gasteiger partial charge in [0.05, 0.1) is 12.2 Å². The number of nitrogens with zero attached hydrogens (tertiary/aromatic N) is 3. The number of aryl methyl sites for hydroxylation is 2. The summed E-state index contributed by atoms with van der Waals surface area (Å²) < 4.78 is 7.39. The molecule has 2 aliphatic rings. The highest BCUT2D eigenvalue weighted by Crippen LogP contribution is 2.39. The maximum absolute atomic E-state index is 12.9. The van der Waals surface area contributed by atoms with Gasteiger partial charge < -0.3 is 9.30 Å². The highest BCUT2D eigenvalue weighted by Gasteiger charge is 2.38. The number of amides is 4. The second kappa shape index (κ2) is 8.62. The van der Waals surface area contributed by atoms with Gasteiger partial charge in [-0.3, -0.25) is 19.4 Å². The van der Waals surface area contributed by atoms with E-state index in [0.29, 0.717) is 17.7 Å². The van der Waals surface area contributed by atoms with Crippen molar-refractivity contribution in [2.75, 3.05) is 20.7 Å². The van der Waals surface area contributed by atoms with Gasteiger partial charge in [-0.1, -0.05) is 0 Å². The summed E-state index contributed by atoms with van der Waals surface area (Å²) >= 11 is 1.61. The standard InChI is InChI=1S/C24H27N3O5S/c1-6-32-23(30)19-16-9-7-8-10-18(16)33-22(19)27-13(2)11-15(14(27)3)12-17-20(28)25(4)24(31)26(5)21(17)29/h11-12H,6-10H2,1-5H3. The average Bonchev–Trinajstić information content (AvgIpc) is 3.30. The Balaban J connectivity index is 1.85. The van der Waals surface area contributed by atoms with Crippen molar-refractivity contribution in [3.8, 4) is 5.00 Å². The van der Waals surface area contributed by atoms with Crippen molar-refractivity contribution in [1.82, 2.24) is 14.4 Å². The number of fused-ring (bicyclic) bond motifs is 1. The van der Waals surface area contributed by atoms with Crippen LogP contribution in [0.25, 0.3) is 11.1 Å². The van der Waals surface area contributed by atoms with E-state index >= 15 is 0 Å². The predicted molar refractivity (Wildman–Crippen MR) is 125 cm³/mol. The molecule has 1 saturated heterocycles. The van der Waals surface area contributed by atoms with E-state index in [0.717, 1.165) is 57.4 Å². The molecular formula is C24H27N3O5S. The molecule has 1 aliphatic heterocycles. The molecule has 0 saturated carbocycles. The Labute approximate surface area is 196 Å². The van der Waals surface area contributed by atoms with E-state index < -0.39 is 17.8 Å². The molecule has 0 aromatic carbocycles. The van der Waals surface area contributed by atoms with E-state index in [4.69, 9.17) is 4.74 Å². The number of likely N-dealkylation sites (N-methyl/N-ethyl adjacent to an activating group) is 2. The normalized spacial score (nSPS) is 16.4. The van der Waals surface area contributed by atoms with Gasteiger partial charge in [0.15, 0.2) is 0 Å². The maximum Gasteiger partial charge on any atom is 0.341 e. The lowest BCUT2D eigenvalue weighted by Gasteiger charge is -2.28. The third-order valence-corrected chi connectivity index (χ3v) is 7.53. The summed E-state index contributed by atoms with van der Waals surface area (Å²) in [6.07, 6.45) is 5.46. The van der Waals surface area contributed by atoms with Crippen molar-refractivity contribution < 1.29 is 23.9 Å². The Kier molecular flexibility index (Phi) is 6.00. The largest absolute Gasteiger partial charge is 0.462 e. The van der Waals surface area contributed by atoms with Gasteiger partial charge in [-0.05, 0) is 69.7 Å². The molecule has 1 fully saturated rings. The molecule has 0 bridgehead atoms. The molecule has 33 heavy (non-hydrogen) atoms. The van der Waals surface area contributed by atoms with E-state index in [1.807, 2.05) is 24.5 Å². The minimum Gasteiger partial charge on any atom is -0.462 e. The van der Waals surface area contributed by atoms with Crippen molar-refractivity contribution >= 4 is 41.2 Å². The smallest absolute Gasteiger partial charge is 0.341 e. The van der Waals surface area contributed by atoms with E-state index in [9.17, 15) is 19.2 Å². The molecule has 4 amide bonds. The Morgan fingerprint density at radius 3 is 2.36 bits per heavy atom. The van der Waals surface area contributed by atoms with Gasteiger partial charge in [-0.15, -0.1) is 11.3 Å². The number of thiophene rings is 1. The van der Waals surface area contributed by atoms with E-state index in [-0.39, 0.29) is 11.5 Å². The number of carbonyl (C=O) groups excluding carboxylic acids is 4. The van der Waals surface area contributed by atoms with Crippen LogP contribution in [-0.2, 0) is 27.2 Å². The Morgan fingerprint density at radius 2 is 1.73 bits per heavy atom. The molecule has 1 aliphatic carbocycles. The fourth-order valence-electron chi connectivity index (χ4n) is 4.50. The minimum absolute atomic E-state index is 0.0732. The Morgan fingerprint density at radius 1 is 1.09 bits per heavy atom. The first-order chi connectivity index (χ1) is 15.7. The summed E-state index contributed by atoms with van der Waals surface area (Å²) in [7, 11) is 2.71. The topological polar surface area (TPSA) is 88.9 Å². The number of imide groups is 2. The van der Waals surface area contributed by atoms with Crippen molar-refractivity contribution in [3.05, 3.63) is 44.6 Å². The summed E-state index contributed by atoms with van der Waals surface area (Å²) in [5.74, 6) is -1.59. The van der Waals surface area contributed by atoms with Crippen LogP contribution in [0.5, 0.6) is 0 Å². The first-order valence-corrected chi connectivity index (χ1v) is 11.8. The SMILES string of the molecule is CCOC(=O)c1c(-n2c(C)cc(C=C3C(=O)N(C)C(=O)N(C)C3=O)c2C)sc2c1CCCC2. The molecule has 8 nitrogen and oxygen atoms in total. The van der Waals surface area contributed by atoms with Crippen LogP contribution in [0, 0.1) is 13.8 Å². The molecule has 2 aromatic heterocycles. The van der Waals surface area contributed by atoms with Crippen LogP contribution in [-0.4, -0.2) is 58.9 Å². The van der Waals surface area contributed by atoms with Gasteiger partial charge in [0.25, 0.3) is 11.8 Å². The molecular weight excluding hydrogens is 442 g/mol. The Hall–Kier alpha value is -3.20. The number of barbiturate groups is 1. The molecule has 9 heteroatoms. The van der Waals surface area contributed by atoms with Gasteiger partial charge in [0.1, 0.15) is 10.6 Å². The fraction of sp³-hybridized carbons (Fsp3) is 0.417. The lowest BCUT2D eigenvalue weighted by atomic mass is 9.95. The van der Waals surface area contributed by atoms with Gasteiger partial charge in [0, 0.05) is 30.4 Å². The summed E-state index contributed by atoms with van der Waals surface area (Å²) in [4.78, 5) is 53.3. The number of aromatic nitrogens is 1. The first kappa shape index (κ1) is 23.0. The van der Waals surface area contributed by atoms with Crippen LogP contribution in [0.3, 0.4) is 0 Å². The third kappa shape index (κ3) is 3.70. The number of hydrogen-bond acceptors (Lipinski definition) is 6. The highest BCUT2D eigenvalue weighted by molar-refractivity contribution is 7.15.